The fraction of sp³-hybridized carbons (Fsp3) is 0. The number of aromatic nitrogens is 1. The highest BCUT2D eigenvalue weighted by atomic mass is 35.5. The zero-order valence-corrected chi connectivity index (χ0v) is 8.85. The highest BCUT2D eigenvalue weighted by molar-refractivity contribution is 6.32. The van der Waals surface area contributed by atoms with E-state index in [9.17, 15) is 0 Å². The Morgan fingerprint density at radius 2 is 1.73 bits per heavy atom. The molecule has 2 aromatic rings. The third kappa shape index (κ3) is 2.67. The van der Waals surface area contributed by atoms with Gasteiger partial charge in [0, 0.05) is 11.2 Å². The van der Waals surface area contributed by atoms with Crippen molar-refractivity contribution < 1.29 is 0 Å². The monoisotopic (exact) mass is 215 g/mol. The van der Waals surface area contributed by atoms with Crippen molar-refractivity contribution in [1.29, 1.82) is 0 Å². The van der Waals surface area contributed by atoms with E-state index in [1.54, 1.807) is 6.20 Å². The minimum Gasteiger partial charge on any atom is -0.257 e. The summed E-state index contributed by atoms with van der Waals surface area (Å²) in [6, 6.07) is 13.5. The minimum absolute atomic E-state index is 0.754. The molecule has 1 aromatic heterocycles. The first-order valence-electron chi connectivity index (χ1n) is 4.70. The van der Waals surface area contributed by atoms with E-state index in [2.05, 4.69) is 4.98 Å². The van der Waals surface area contributed by atoms with Crippen molar-refractivity contribution >= 4 is 23.8 Å². The molecule has 15 heavy (non-hydrogen) atoms. The summed E-state index contributed by atoms with van der Waals surface area (Å²) < 4.78 is 0. The van der Waals surface area contributed by atoms with Gasteiger partial charge in [0.1, 0.15) is 0 Å². The lowest BCUT2D eigenvalue weighted by Crippen LogP contribution is -1.77. The Balaban J connectivity index is 2.23. The van der Waals surface area contributed by atoms with E-state index in [1.807, 2.05) is 54.6 Å². The van der Waals surface area contributed by atoms with Gasteiger partial charge in [0.15, 0.2) is 0 Å². The van der Waals surface area contributed by atoms with Gasteiger partial charge in [-0.2, -0.15) is 0 Å². The maximum absolute atomic E-state index is 6.02. The van der Waals surface area contributed by atoms with Gasteiger partial charge >= 0.3 is 0 Å². The fourth-order valence-corrected chi connectivity index (χ4v) is 1.46. The highest BCUT2D eigenvalue weighted by Gasteiger charge is 1.93. The van der Waals surface area contributed by atoms with Crippen LogP contribution in [0.1, 0.15) is 11.3 Å². The molecular weight excluding hydrogens is 206 g/mol. The number of nitrogens with zero attached hydrogens (tertiary/aromatic N) is 1. The van der Waals surface area contributed by atoms with E-state index >= 15 is 0 Å². The zero-order valence-electron chi connectivity index (χ0n) is 8.10. The summed E-state index contributed by atoms with van der Waals surface area (Å²) in [7, 11) is 0. The van der Waals surface area contributed by atoms with Gasteiger partial charge in [-0.3, -0.25) is 4.98 Å². The summed E-state index contributed by atoms with van der Waals surface area (Å²) in [5.41, 5.74) is 1.93. The van der Waals surface area contributed by atoms with Crippen LogP contribution in [0.5, 0.6) is 0 Å². The fourth-order valence-electron chi connectivity index (χ4n) is 1.26. The second-order valence-electron chi connectivity index (χ2n) is 3.11. The predicted octanol–water partition coefficient (Wildman–Crippen LogP) is 3.91. The van der Waals surface area contributed by atoms with E-state index in [1.165, 1.54) is 0 Å². The van der Waals surface area contributed by atoms with E-state index in [4.69, 9.17) is 11.6 Å². The van der Waals surface area contributed by atoms with Crippen molar-refractivity contribution in [2.24, 2.45) is 0 Å². The van der Waals surface area contributed by atoms with Crippen molar-refractivity contribution in [3.05, 3.63) is 64.9 Å². The largest absolute Gasteiger partial charge is 0.257 e. The molecular formula is C13H10ClN. The number of hydrogen-bond donors (Lipinski definition) is 0. The molecule has 0 aliphatic rings. The molecule has 0 fully saturated rings. The van der Waals surface area contributed by atoms with Crippen LogP contribution in [0.3, 0.4) is 0 Å². The molecule has 0 radical (unpaired) electrons. The lowest BCUT2D eigenvalue weighted by molar-refractivity contribution is 1.30. The molecule has 1 aromatic carbocycles. The topological polar surface area (TPSA) is 12.9 Å². The van der Waals surface area contributed by atoms with Gasteiger partial charge in [-0.1, -0.05) is 41.9 Å². The highest BCUT2D eigenvalue weighted by Crippen LogP contribution is 2.17. The van der Waals surface area contributed by atoms with Gasteiger partial charge in [-0.15, -0.1) is 0 Å². The standard InChI is InChI=1S/C13H10ClN/c14-13-7-2-1-5-11(13)8-9-12-6-3-4-10-15-12/h1-10H/b9-8-. The molecule has 0 atom stereocenters. The van der Waals surface area contributed by atoms with Crippen molar-refractivity contribution in [2.75, 3.05) is 0 Å². The Kier molecular flexibility index (Phi) is 3.15. The maximum atomic E-state index is 6.02. The van der Waals surface area contributed by atoms with Gasteiger partial charge in [-0.25, -0.2) is 0 Å². The van der Waals surface area contributed by atoms with E-state index < -0.39 is 0 Å². The van der Waals surface area contributed by atoms with Gasteiger partial charge in [0.2, 0.25) is 0 Å². The molecule has 0 saturated heterocycles. The molecule has 2 rings (SSSR count). The van der Waals surface area contributed by atoms with Gasteiger partial charge in [-0.05, 0) is 29.8 Å². The number of hydrogen-bond acceptors (Lipinski definition) is 1. The third-order valence-corrected chi connectivity index (χ3v) is 2.37. The molecule has 0 aliphatic carbocycles. The molecule has 0 bridgehead atoms. The van der Waals surface area contributed by atoms with Crippen LogP contribution in [0.15, 0.2) is 48.7 Å². The van der Waals surface area contributed by atoms with Gasteiger partial charge < -0.3 is 0 Å². The first kappa shape index (κ1) is 9.94. The average molecular weight is 216 g/mol. The predicted molar refractivity (Wildman–Crippen MR) is 64.6 cm³/mol. The van der Waals surface area contributed by atoms with Crippen LogP contribution >= 0.6 is 11.6 Å². The van der Waals surface area contributed by atoms with Crippen molar-refractivity contribution in [2.45, 2.75) is 0 Å². The maximum Gasteiger partial charge on any atom is 0.0629 e. The molecule has 1 nitrogen and oxygen atoms in total. The Hall–Kier alpha value is -1.60. The summed E-state index contributed by atoms with van der Waals surface area (Å²) >= 11 is 6.02. The number of benzene rings is 1. The van der Waals surface area contributed by atoms with Gasteiger partial charge in [0.05, 0.1) is 5.69 Å². The first-order valence-corrected chi connectivity index (χ1v) is 5.08. The Morgan fingerprint density at radius 3 is 2.47 bits per heavy atom. The zero-order chi connectivity index (χ0) is 10.5. The molecule has 2 heteroatoms. The van der Waals surface area contributed by atoms with Crippen molar-refractivity contribution in [3.8, 4) is 0 Å². The minimum atomic E-state index is 0.754. The van der Waals surface area contributed by atoms with E-state index in [-0.39, 0.29) is 0 Å². The Morgan fingerprint density at radius 1 is 0.933 bits per heavy atom. The number of halogens is 1. The molecule has 0 unspecified atom stereocenters. The van der Waals surface area contributed by atoms with Crippen LogP contribution in [-0.4, -0.2) is 4.98 Å². The SMILES string of the molecule is Clc1ccccc1/C=C\c1ccccn1. The third-order valence-electron chi connectivity index (χ3n) is 2.03. The second kappa shape index (κ2) is 4.76. The molecule has 0 spiro atoms. The molecule has 0 amide bonds. The van der Waals surface area contributed by atoms with Gasteiger partial charge in [0.25, 0.3) is 0 Å². The normalized spacial score (nSPS) is 10.7. The molecule has 1 heterocycles. The first-order chi connectivity index (χ1) is 7.36. The lowest BCUT2D eigenvalue weighted by atomic mass is 10.2. The Labute approximate surface area is 94.1 Å². The van der Waals surface area contributed by atoms with E-state index in [0.29, 0.717) is 0 Å². The molecule has 0 aliphatic heterocycles. The quantitative estimate of drug-likeness (QED) is 0.740. The average Bonchev–Trinajstić information content (AvgIpc) is 2.29. The number of pyridine rings is 1. The summed E-state index contributed by atoms with van der Waals surface area (Å²) in [6.07, 6.45) is 5.68. The summed E-state index contributed by atoms with van der Waals surface area (Å²) in [4.78, 5) is 4.19. The molecule has 0 saturated carbocycles. The Bertz CT molecular complexity index is 463. The van der Waals surface area contributed by atoms with Crippen LogP contribution < -0.4 is 0 Å². The van der Waals surface area contributed by atoms with Crippen LogP contribution in [0, 0.1) is 0 Å². The van der Waals surface area contributed by atoms with Crippen LogP contribution in [0.2, 0.25) is 5.02 Å². The van der Waals surface area contributed by atoms with Crippen LogP contribution in [0.4, 0.5) is 0 Å². The summed E-state index contributed by atoms with van der Waals surface area (Å²) in [6.45, 7) is 0. The number of rotatable bonds is 2. The summed E-state index contributed by atoms with van der Waals surface area (Å²) in [5.74, 6) is 0. The van der Waals surface area contributed by atoms with Crippen molar-refractivity contribution in [1.82, 2.24) is 4.98 Å². The lowest BCUT2D eigenvalue weighted by Gasteiger charge is -1.96. The molecule has 0 N–H and O–H groups in total. The van der Waals surface area contributed by atoms with Crippen molar-refractivity contribution in [3.63, 3.8) is 0 Å². The second-order valence-corrected chi connectivity index (χ2v) is 3.52. The molecule has 74 valence electrons. The van der Waals surface area contributed by atoms with Crippen LogP contribution in [0.25, 0.3) is 12.2 Å². The smallest absolute Gasteiger partial charge is 0.0629 e. The summed E-state index contributed by atoms with van der Waals surface area (Å²) in [5, 5.41) is 0.754. The van der Waals surface area contributed by atoms with Crippen LogP contribution in [-0.2, 0) is 0 Å². The van der Waals surface area contributed by atoms with E-state index in [0.717, 1.165) is 16.3 Å².